The summed E-state index contributed by atoms with van der Waals surface area (Å²) in [6, 6.07) is 5.12. The van der Waals surface area contributed by atoms with Gasteiger partial charge in [-0.1, -0.05) is 39.9 Å². The van der Waals surface area contributed by atoms with E-state index in [0.29, 0.717) is 26.6 Å². The molecule has 0 unspecified atom stereocenters. The minimum Gasteiger partial charge on any atom is -0.481 e. The van der Waals surface area contributed by atoms with Crippen LogP contribution < -0.4 is 5.43 Å². The van der Waals surface area contributed by atoms with Gasteiger partial charge in [0, 0.05) is 17.4 Å². The van der Waals surface area contributed by atoms with Gasteiger partial charge in [-0.2, -0.15) is 0 Å². The number of aliphatic carboxylic acids is 1. The lowest BCUT2D eigenvalue weighted by atomic mass is 10.1. The van der Waals surface area contributed by atoms with E-state index >= 15 is 0 Å². The molecule has 0 radical (unpaired) electrons. The Hall–Kier alpha value is -1.97. The number of thiocarbonyl (C=S) groups is 1. The number of carbonyl (C=O) groups is 2. The van der Waals surface area contributed by atoms with Crippen molar-refractivity contribution in [1.29, 1.82) is 0 Å². The first-order valence-electron chi connectivity index (χ1n) is 7.55. The second kappa shape index (κ2) is 7.73. The maximum atomic E-state index is 12.6. The molecule has 1 N–H and O–H groups in total. The second-order valence-corrected chi connectivity index (χ2v) is 8.08. The molecule has 1 aromatic heterocycles. The minimum atomic E-state index is -0.925. The molecule has 3 rings (SSSR count). The molecule has 9 heteroatoms. The quantitative estimate of drug-likeness (QED) is 0.546. The van der Waals surface area contributed by atoms with Crippen LogP contribution in [0.1, 0.15) is 18.4 Å². The number of thioether (sulfide) groups is 1. The zero-order valence-corrected chi connectivity index (χ0v) is 16.4. The lowest BCUT2D eigenvalue weighted by Gasteiger charge is -2.13. The number of carboxylic acids is 1. The van der Waals surface area contributed by atoms with Crippen LogP contribution in [0.3, 0.4) is 0 Å². The van der Waals surface area contributed by atoms with E-state index in [-0.39, 0.29) is 29.9 Å². The molecule has 134 valence electrons. The highest BCUT2D eigenvalue weighted by Gasteiger charge is 2.31. The van der Waals surface area contributed by atoms with E-state index in [4.69, 9.17) is 21.7 Å². The molecule has 1 saturated heterocycles. The number of amides is 1. The number of hydrogen-bond acceptors (Lipinski definition) is 6. The maximum absolute atomic E-state index is 12.6. The van der Waals surface area contributed by atoms with E-state index in [0.717, 1.165) is 16.2 Å². The summed E-state index contributed by atoms with van der Waals surface area (Å²) in [5, 5.41) is 9.11. The molecule has 0 spiro atoms. The molecule has 1 aromatic carbocycles. The van der Waals surface area contributed by atoms with Crippen molar-refractivity contribution in [3.05, 3.63) is 49.6 Å². The van der Waals surface area contributed by atoms with Crippen LogP contribution in [0.5, 0.6) is 0 Å². The molecule has 6 nitrogen and oxygen atoms in total. The second-order valence-electron chi connectivity index (χ2n) is 5.49. The van der Waals surface area contributed by atoms with E-state index in [1.54, 1.807) is 18.2 Å². The van der Waals surface area contributed by atoms with Crippen LogP contribution in [-0.2, 0) is 9.59 Å². The minimum absolute atomic E-state index is 0.0424. The van der Waals surface area contributed by atoms with Gasteiger partial charge in [0.25, 0.3) is 5.91 Å². The molecule has 2 heterocycles. The topological polar surface area (TPSA) is 87.8 Å². The van der Waals surface area contributed by atoms with E-state index < -0.39 is 5.97 Å². The highest BCUT2D eigenvalue weighted by atomic mass is 79.9. The Morgan fingerprint density at radius 2 is 2.15 bits per heavy atom. The van der Waals surface area contributed by atoms with Gasteiger partial charge in [-0.15, -0.1) is 0 Å². The van der Waals surface area contributed by atoms with Crippen molar-refractivity contribution in [2.75, 3.05) is 6.54 Å². The monoisotopic (exact) mass is 453 g/mol. The molecule has 0 aliphatic carbocycles. The molecule has 1 fully saturated rings. The van der Waals surface area contributed by atoms with E-state index in [1.165, 1.54) is 17.2 Å². The van der Waals surface area contributed by atoms with Gasteiger partial charge in [-0.3, -0.25) is 19.3 Å². The lowest BCUT2D eigenvalue weighted by molar-refractivity contribution is -0.137. The summed E-state index contributed by atoms with van der Waals surface area (Å²) in [5.41, 5.74) is 0.460. The fourth-order valence-corrected chi connectivity index (χ4v) is 4.10. The van der Waals surface area contributed by atoms with Crippen LogP contribution in [-0.4, -0.2) is 32.7 Å². The number of carboxylic acid groups (broad SMARTS) is 1. The third-order valence-electron chi connectivity index (χ3n) is 3.69. The molecular formula is C17H12BrNO5S2. The summed E-state index contributed by atoms with van der Waals surface area (Å²) in [4.78, 5) is 37.4. The Morgan fingerprint density at radius 3 is 2.88 bits per heavy atom. The predicted octanol–water partition coefficient (Wildman–Crippen LogP) is 3.62. The molecular weight excluding hydrogens is 442 g/mol. The molecule has 0 bridgehead atoms. The third-order valence-corrected chi connectivity index (χ3v) is 5.56. The third kappa shape index (κ3) is 3.89. The van der Waals surface area contributed by atoms with Crippen molar-refractivity contribution < 1.29 is 19.1 Å². The van der Waals surface area contributed by atoms with Crippen LogP contribution in [0.15, 0.2) is 43.1 Å². The Balaban J connectivity index is 1.88. The van der Waals surface area contributed by atoms with Crippen molar-refractivity contribution in [3.8, 4) is 0 Å². The SMILES string of the molecule is O=C(O)CCCN1C(=O)C(=Cc2coc3ccc(Br)cc3c2=O)SC1=S. The van der Waals surface area contributed by atoms with Gasteiger partial charge in [0.15, 0.2) is 5.43 Å². The van der Waals surface area contributed by atoms with E-state index in [9.17, 15) is 14.4 Å². The normalized spacial score (nSPS) is 16.0. The lowest BCUT2D eigenvalue weighted by Crippen LogP contribution is -2.29. The van der Waals surface area contributed by atoms with E-state index in [1.807, 2.05) is 0 Å². The fraction of sp³-hybridized carbons (Fsp3) is 0.176. The van der Waals surface area contributed by atoms with Crippen LogP contribution in [0.4, 0.5) is 0 Å². The first-order chi connectivity index (χ1) is 12.4. The Morgan fingerprint density at radius 1 is 1.38 bits per heavy atom. The van der Waals surface area contributed by atoms with Crippen molar-refractivity contribution in [2.24, 2.45) is 0 Å². The highest BCUT2D eigenvalue weighted by Crippen LogP contribution is 2.32. The average molecular weight is 454 g/mol. The van der Waals surface area contributed by atoms with Crippen LogP contribution >= 0.6 is 39.9 Å². The van der Waals surface area contributed by atoms with E-state index in [2.05, 4.69) is 15.9 Å². The molecule has 1 amide bonds. The summed E-state index contributed by atoms with van der Waals surface area (Å²) in [6.07, 6.45) is 3.04. The summed E-state index contributed by atoms with van der Waals surface area (Å²) in [5.74, 6) is -1.26. The first kappa shape index (κ1) is 18.8. The Labute approximate surface area is 166 Å². The number of halogens is 1. The zero-order chi connectivity index (χ0) is 18.8. The Bertz CT molecular complexity index is 1010. The number of rotatable bonds is 5. The molecule has 1 aliphatic rings. The first-order valence-corrected chi connectivity index (χ1v) is 9.57. The highest BCUT2D eigenvalue weighted by molar-refractivity contribution is 9.10. The number of hydrogen-bond donors (Lipinski definition) is 1. The molecule has 0 saturated carbocycles. The zero-order valence-electron chi connectivity index (χ0n) is 13.2. The number of carbonyl (C=O) groups excluding carboxylic acids is 1. The van der Waals surface area contributed by atoms with Gasteiger partial charge >= 0.3 is 5.97 Å². The summed E-state index contributed by atoms with van der Waals surface area (Å²) in [7, 11) is 0. The van der Waals surface area contributed by atoms with Gasteiger partial charge in [0.05, 0.1) is 15.9 Å². The van der Waals surface area contributed by atoms with Gasteiger partial charge in [-0.25, -0.2) is 0 Å². The summed E-state index contributed by atoms with van der Waals surface area (Å²) >= 11 is 9.59. The number of benzene rings is 1. The summed E-state index contributed by atoms with van der Waals surface area (Å²) < 4.78 is 6.57. The van der Waals surface area contributed by atoms with Crippen LogP contribution in [0.25, 0.3) is 17.0 Å². The molecule has 0 atom stereocenters. The maximum Gasteiger partial charge on any atom is 0.303 e. The Kier molecular flexibility index (Phi) is 5.59. The fourth-order valence-electron chi connectivity index (χ4n) is 2.44. The largest absolute Gasteiger partial charge is 0.481 e. The van der Waals surface area contributed by atoms with Crippen LogP contribution in [0, 0.1) is 0 Å². The number of nitrogens with zero attached hydrogens (tertiary/aromatic N) is 1. The van der Waals surface area contributed by atoms with Crippen LogP contribution in [0.2, 0.25) is 0 Å². The van der Waals surface area contributed by atoms with Gasteiger partial charge in [0.2, 0.25) is 0 Å². The molecule has 1 aliphatic heterocycles. The van der Waals surface area contributed by atoms with Crippen molar-refractivity contribution >= 4 is 73.2 Å². The van der Waals surface area contributed by atoms with Crippen molar-refractivity contribution in [2.45, 2.75) is 12.8 Å². The molecule has 2 aromatic rings. The van der Waals surface area contributed by atoms with Gasteiger partial charge in [-0.05, 0) is 30.7 Å². The van der Waals surface area contributed by atoms with Crippen molar-refractivity contribution in [3.63, 3.8) is 0 Å². The smallest absolute Gasteiger partial charge is 0.303 e. The predicted molar refractivity (Wildman–Crippen MR) is 107 cm³/mol. The van der Waals surface area contributed by atoms with Gasteiger partial charge in [0.1, 0.15) is 16.2 Å². The van der Waals surface area contributed by atoms with Gasteiger partial charge < -0.3 is 9.52 Å². The summed E-state index contributed by atoms with van der Waals surface area (Å²) in [6.45, 7) is 0.230. The average Bonchev–Trinajstić information content (AvgIpc) is 2.85. The standard InChI is InChI=1S/C17H12BrNO5S2/c18-10-3-4-12-11(7-10)15(22)9(8-24-12)6-13-16(23)19(17(25)26-13)5-1-2-14(20)21/h3-4,6-8H,1-2,5H2,(H,20,21). The molecule has 26 heavy (non-hydrogen) atoms. The van der Waals surface area contributed by atoms with Crippen molar-refractivity contribution in [1.82, 2.24) is 4.90 Å². The number of fused-ring (bicyclic) bond motifs is 1.